The van der Waals surface area contributed by atoms with Gasteiger partial charge in [0, 0.05) is 23.9 Å². The maximum atomic E-state index is 13.2. The van der Waals surface area contributed by atoms with Crippen LogP contribution in [0.25, 0.3) is 6.08 Å². The van der Waals surface area contributed by atoms with Gasteiger partial charge >= 0.3 is 0 Å². The predicted molar refractivity (Wildman–Crippen MR) is 108 cm³/mol. The van der Waals surface area contributed by atoms with Crippen LogP contribution in [0.3, 0.4) is 0 Å². The fraction of sp³-hybridized carbons (Fsp3) is 0.364. The zero-order chi connectivity index (χ0) is 19.3. The number of nitrogens with zero attached hydrogens (tertiary/aromatic N) is 1. The molecular formula is C22H27ClFNO. The van der Waals surface area contributed by atoms with Gasteiger partial charge in [-0.05, 0) is 55.9 Å². The fourth-order valence-electron chi connectivity index (χ4n) is 3.27. The van der Waals surface area contributed by atoms with Crippen molar-refractivity contribution in [3.8, 4) is 0 Å². The van der Waals surface area contributed by atoms with E-state index in [1.165, 1.54) is 12.1 Å². The monoisotopic (exact) mass is 375 g/mol. The summed E-state index contributed by atoms with van der Waals surface area (Å²) in [5.74, 6) is -0.294. The van der Waals surface area contributed by atoms with Gasteiger partial charge in [-0.25, -0.2) is 4.39 Å². The zero-order valence-corrected chi connectivity index (χ0v) is 16.6. The lowest BCUT2D eigenvalue weighted by atomic mass is 9.77. The Morgan fingerprint density at radius 1 is 1.19 bits per heavy atom. The van der Waals surface area contributed by atoms with Gasteiger partial charge in [0.1, 0.15) is 5.82 Å². The van der Waals surface area contributed by atoms with Crippen molar-refractivity contribution in [2.45, 2.75) is 25.9 Å². The molecule has 0 bridgehead atoms. The van der Waals surface area contributed by atoms with Crippen molar-refractivity contribution >= 4 is 17.7 Å². The number of rotatable bonds is 7. The van der Waals surface area contributed by atoms with Crippen LogP contribution in [0.1, 0.15) is 25.0 Å². The summed E-state index contributed by atoms with van der Waals surface area (Å²) in [6.45, 7) is 4.70. The average Bonchev–Trinajstić information content (AvgIpc) is 2.58. The Morgan fingerprint density at radius 3 is 2.38 bits per heavy atom. The van der Waals surface area contributed by atoms with Gasteiger partial charge in [-0.15, -0.1) is 0 Å². The highest BCUT2D eigenvalue weighted by atomic mass is 35.5. The molecule has 2 aromatic carbocycles. The molecule has 2 rings (SSSR count). The van der Waals surface area contributed by atoms with E-state index in [0.29, 0.717) is 11.4 Å². The van der Waals surface area contributed by atoms with Gasteiger partial charge in [0.25, 0.3) is 0 Å². The van der Waals surface area contributed by atoms with Crippen LogP contribution >= 0.6 is 11.6 Å². The Morgan fingerprint density at radius 2 is 1.81 bits per heavy atom. The maximum Gasteiger partial charge on any atom is 0.123 e. The highest BCUT2D eigenvalue weighted by Gasteiger charge is 2.36. The molecule has 2 nitrogen and oxygen atoms in total. The molecule has 0 aliphatic carbocycles. The molecule has 26 heavy (non-hydrogen) atoms. The summed E-state index contributed by atoms with van der Waals surface area (Å²) in [4.78, 5) is 2.06. The van der Waals surface area contributed by atoms with Crippen LogP contribution < -0.4 is 0 Å². The third-order valence-electron chi connectivity index (χ3n) is 4.81. The highest BCUT2D eigenvalue weighted by molar-refractivity contribution is 6.31. The van der Waals surface area contributed by atoms with E-state index in [-0.39, 0.29) is 11.7 Å². The van der Waals surface area contributed by atoms with Crippen molar-refractivity contribution in [2.75, 3.05) is 20.6 Å². The summed E-state index contributed by atoms with van der Waals surface area (Å²) >= 11 is 6.34. The Bertz CT molecular complexity index is 757. The molecule has 2 aromatic rings. The predicted octanol–water partition coefficient (Wildman–Crippen LogP) is 5.05. The molecule has 2 atom stereocenters. The highest BCUT2D eigenvalue weighted by Crippen LogP contribution is 2.34. The summed E-state index contributed by atoms with van der Waals surface area (Å²) in [5, 5.41) is 12.3. The molecule has 0 spiro atoms. The van der Waals surface area contributed by atoms with Gasteiger partial charge in [-0.2, -0.15) is 0 Å². The molecule has 0 fully saturated rings. The van der Waals surface area contributed by atoms with Crippen molar-refractivity contribution in [3.05, 3.63) is 76.1 Å². The van der Waals surface area contributed by atoms with Crippen LogP contribution in [0.2, 0.25) is 5.02 Å². The van der Waals surface area contributed by atoms with E-state index in [0.717, 1.165) is 23.2 Å². The van der Waals surface area contributed by atoms with E-state index in [1.54, 1.807) is 12.1 Å². The maximum absolute atomic E-state index is 13.2. The van der Waals surface area contributed by atoms with Crippen LogP contribution in [0, 0.1) is 11.7 Å². The molecule has 140 valence electrons. The van der Waals surface area contributed by atoms with Gasteiger partial charge in [-0.1, -0.05) is 54.9 Å². The zero-order valence-electron chi connectivity index (χ0n) is 15.8. The molecule has 0 amide bonds. The molecule has 1 N–H and O–H groups in total. The number of aliphatic hydroxyl groups is 1. The molecule has 0 radical (unpaired) electrons. The molecule has 2 unspecified atom stereocenters. The molecule has 0 saturated heterocycles. The lowest BCUT2D eigenvalue weighted by Gasteiger charge is -2.37. The minimum atomic E-state index is -1.07. The number of benzene rings is 2. The summed E-state index contributed by atoms with van der Waals surface area (Å²) < 4.78 is 13.2. The fourth-order valence-corrected chi connectivity index (χ4v) is 3.47. The topological polar surface area (TPSA) is 23.5 Å². The number of hydrogen-bond donors (Lipinski definition) is 1. The Balaban J connectivity index is 2.41. The van der Waals surface area contributed by atoms with Crippen molar-refractivity contribution in [3.63, 3.8) is 0 Å². The van der Waals surface area contributed by atoms with E-state index in [1.807, 2.05) is 58.3 Å². The second kappa shape index (κ2) is 8.81. The van der Waals surface area contributed by atoms with Gasteiger partial charge in [0.2, 0.25) is 0 Å². The Hall–Kier alpha value is -1.68. The van der Waals surface area contributed by atoms with Crippen LogP contribution in [-0.4, -0.2) is 36.2 Å². The SMILES string of the molecule is C/C(=C\c1ccc(F)cc1)C(O)(Cc1ccccc1Cl)C(C)CN(C)C. The molecule has 0 heterocycles. The summed E-state index contributed by atoms with van der Waals surface area (Å²) in [5.41, 5.74) is 1.54. The van der Waals surface area contributed by atoms with Crippen molar-refractivity contribution < 1.29 is 9.50 Å². The third kappa shape index (κ3) is 5.16. The van der Waals surface area contributed by atoms with E-state index in [9.17, 15) is 9.50 Å². The molecule has 0 aliphatic rings. The second-order valence-electron chi connectivity index (χ2n) is 7.23. The summed E-state index contributed by atoms with van der Waals surface area (Å²) in [6.07, 6.45) is 2.34. The van der Waals surface area contributed by atoms with E-state index >= 15 is 0 Å². The molecule has 0 aromatic heterocycles. The van der Waals surface area contributed by atoms with Gasteiger partial charge < -0.3 is 10.0 Å². The number of hydrogen-bond acceptors (Lipinski definition) is 2. The first-order chi connectivity index (χ1) is 12.2. The molecular weight excluding hydrogens is 349 g/mol. The first-order valence-corrected chi connectivity index (χ1v) is 9.15. The van der Waals surface area contributed by atoms with Crippen molar-refractivity contribution in [2.24, 2.45) is 5.92 Å². The van der Waals surface area contributed by atoms with Gasteiger partial charge in [-0.3, -0.25) is 0 Å². The Kier molecular flexibility index (Phi) is 6.99. The molecule has 4 heteroatoms. The summed E-state index contributed by atoms with van der Waals surface area (Å²) in [6, 6.07) is 13.9. The lowest BCUT2D eigenvalue weighted by molar-refractivity contribution is 0.0150. The van der Waals surface area contributed by atoms with Gasteiger partial charge in [0.05, 0.1) is 5.60 Å². The molecule has 0 aliphatic heterocycles. The standard InChI is InChI=1S/C22H27ClFNO/c1-16(13-18-9-11-20(24)12-10-18)22(26,17(2)15-25(3)4)14-19-7-5-6-8-21(19)23/h5-13,17,26H,14-15H2,1-4H3/b16-13+. The minimum Gasteiger partial charge on any atom is -0.385 e. The first kappa shape index (κ1) is 20.6. The Labute approximate surface area is 160 Å². The summed E-state index contributed by atoms with van der Waals surface area (Å²) in [7, 11) is 3.98. The molecule has 0 saturated carbocycles. The van der Waals surface area contributed by atoms with Crippen LogP contribution in [-0.2, 0) is 6.42 Å². The van der Waals surface area contributed by atoms with E-state index in [2.05, 4.69) is 4.90 Å². The minimum absolute atomic E-state index is 0.0227. The normalized spacial score (nSPS) is 15.8. The smallest absolute Gasteiger partial charge is 0.123 e. The van der Waals surface area contributed by atoms with Gasteiger partial charge in [0.15, 0.2) is 0 Å². The average molecular weight is 376 g/mol. The van der Waals surface area contributed by atoms with E-state index < -0.39 is 5.60 Å². The van der Waals surface area contributed by atoms with Crippen LogP contribution in [0.15, 0.2) is 54.1 Å². The van der Waals surface area contributed by atoms with Crippen molar-refractivity contribution in [1.82, 2.24) is 4.90 Å². The quantitative estimate of drug-likeness (QED) is 0.731. The van der Waals surface area contributed by atoms with Crippen molar-refractivity contribution in [1.29, 1.82) is 0 Å². The third-order valence-corrected chi connectivity index (χ3v) is 5.18. The van der Waals surface area contributed by atoms with Crippen LogP contribution in [0.4, 0.5) is 4.39 Å². The second-order valence-corrected chi connectivity index (χ2v) is 7.64. The van der Waals surface area contributed by atoms with E-state index in [4.69, 9.17) is 11.6 Å². The first-order valence-electron chi connectivity index (χ1n) is 8.77. The lowest BCUT2D eigenvalue weighted by Crippen LogP contribution is -2.44. The van der Waals surface area contributed by atoms with Crippen LogP contribution in [0.5, 0.6) is 0 Å². The largest absolute Gasteiger partial charge is 0.385 e. The number of halogens is 2.